The predicted octanol–water partition coefficient (Wildman–Crippen LogP) is 2.52. The lowest BCUT2D eigenvalue weighted by Gasteiger charge is -2.28. The number of amides is 3. The van der Waals surface area contributed by atoms with Crippen molar-refractivity contribution in [3.8, 4) is 0 Å². The second-order valence-corrected chi connectivity index (χ2v) is 6.64. The van der Waals surface area contributed by atoms with E-state index in [1.54, 1.807) is 0 Å². The number of allylic oxidation sites excluding steroid dienone is 1. The van der Waals surface area contributed by atoms with Crippen LogP contribution in [0.25, 0.3) is 5.57 Å². The maximum atomic E-state index is 12.3. The van der Waals surface area contributed by atoms with Crippen molar-refractivity contribution in [3.05, 3.63) is 42.0 Å². The molecular weight excluding hydrogens is 304 g/mol. The van der Waals surface area contributed by atoms with E-state index >= 15 is 0 Å². The molecule has 1 aromatic carbocycles. The number of rotatable bonds is 3. The quantitative estimate of drug-likeness (QED) is 0.797. The van der Waals surface area contributed by atoms with Crippen molar-refractivity contribution in [2.45, 2.75) is 45.7 Å². The minimum atomic E-state index is -0.597. The second kappa shape index (κ2) is 6.86. The fourth-order valence-electron chi connectivity index (χ4n) is 2.48. The Balaban J connectivity index is 2.08. The molecule has 0 aliphatic carbocycles. The number of carbonyl (C=O) groups is 2. The third-order valence-corrected chi connectivity index (χ3v) is 3.82. The van der Waals surface area contributed by atoms with E-state index in [-0.39, 0.29) is 17.9 Å². The van der Waals surface area contributed by atoms with Crippen LogP contribution >= 0.6 is 0 Å². The van der Waals surface area contributed by atoms with Gasteiger partial charge in [-0.2, -0.15) is 0 Å². The lowest BCUT2D eigenvalue weighted by atomic mass is 9.92. The molecule has 1 unspecified atom stereocenters. The van der Waals surface area contributed by atoms with E-state index in [0.717, 1.165) is 16.7 Å². The molecule has 3 N–H and O–H groups in total. The molecule has 6 heteroatoms. The van der Waals surface area contributed by atoms with Crippen molar-refractivity contribution in [1.82, 2.24) is 16.0 Å². The van der Waals surface area contributed by atoms with Crippen molar-refractivity contribution in [2.24, 2.45) is 4.99 Å². The van der Waals surface area contributed by atoms with Gasteiger partial charge in [0.05, 0.1) is 11.6 Å². The van der Waals surface area contributed by atoms with Crippen LogP contribution in [0.4, 0.5) is 4.79 Å². The van der Waals surface area contributed by atoms with Crippen LogP contribution in [0.5, 0.6) is 0 Å². The van der Waals surface area contributed by atoms with E-state index < -0.39 is 11.6 Å². The topological polar surface area (TPSA) is 82.6 Å². The highest BCUT2D eigenvalue weighted by molar-refractivity contribution is 6.05. The van der Waals surface area contributed by atoms with Gasteiger partial charge >= 0.3 is 6.03 Å². The SMILES string of the molecule is C=C(C)c1cccc(C(C)(C)NC(=O)NC2=NC(C)CC(=O)N2)c1. The zero-order valence-corrected chi connectivity index (χ0v) is 14.6. The maximum Gasteiger partial charge on any atom is 0.322 e. The average molecular weight is 328 g/mol. The zero-order valence-electron chi connectivity index (χ0n) is 14.6. The summed E-state index contributed by atoms with van der Waals surface area (Å²) in [5, 5.41) is 8.05. The van der Waals surface area contributed by atoms with Crippen LogP contribution in [0.3, 0.4) is 0 Å². The molecule has 0 radical (unpaired) electrons. The first kappa shape index (κ1) is 17.7. The summed E-state index contributed by atoms with van der Waals surface area (Å²) in [6, 6.07) is 7.31. The molecule has 0 aromatic heterocycles. The Morgan fingerprint density at radius 3 is 2.75 bits per heavy atom. The van der Waals surface area contributed by atoms with Crippen molar-refractivity contribution < 1.29 is 9.59 Å². The summed E-state index contributed by atoms with van der Waals surface area (Å²) >= 11 is 0. The number of carbonyl (C=O) groups excluding carboxylic acids is 2. The molecule has 1 aromatic rings. The highest BCUT2D eigenvalue weighted by Crippen LogP contribution is 2.23. The molecule has 0 saturated carbocycles. The van der Waals surface area contributed by atoms with Gasteiger partial charge < -0.3 is 5.32 Å². The van der Waals surface area contributed by atoms with E-state index in [9.17, 15) is 9.59 Å². The minimum absolute atomic E-state index is 0.144. The molecule has 1 aliphatic heterocycles. The Morgan fingerprint density at radius 2 is 2.12 bits per heavy atom. The normalized spacial score (nSPS) is 17.6. The minimum Gasteiger partial charge on any atom is -0.329 e. The van der Waals surface area contributed by atoms with Gasteiger partial charge in [0.15, 0.2) is 0 Å². The molecule has 1 heterocycles. The summed E-state index contributed by atoms with van der Waals surface area (Å²) in [6.07, 6.45) is 0.325. The van der Waals surface area contributed by atoms with Crippen LogP contribution in [0, 0.1) is 0 Å². The standard InChI is InChI=1S/C18H24N4O2/c1-11(2)13-7-6-8-14(10-13)18(4,5)22-17(24)21-16-19-12(3)9-15(23)20-16/h6-8,10,12H,1,9H2,2-5H3,(H3,19,20,21,22,23,24). The van der Waals surface area contributed by atoms with E-state index in [1.165, 1.54) is 0 Å². The van der Waals surface area contributed by atoms with Crippen molar-refractivity contribution in [2.75, 3.05) is 0 Å². The monoisotopic (exact) mass is 328 g/mol. The van der Waals surface area contributed by atoms with E-state index in [0.29, 0.717) is 6.42 Å². The Labute approximate surface area is 142 Å². The van der Waals surface area contributed by atoms with Gasteiger partial charge in [-0.15, -0.1) is 0 Å². The first-order valence-corrected chi connectivity index (χ1v) is 7.90. The van der Waals surface area contributed by atoms with Crippen LogP contribution in [-0.2, 0) is 10.3 Å². The number of hydrogen-bond donors (Lipinski definition) is 3. The van der Waals surface area contributed by atoms with Gasteiger partial charge in [0, 0.05) is 6.42 Å². The molecule has 0 spiro atoms. The molecule has 1 atom stereocenters. The second-order valence-electron chi connectivity index (χ2n) is 6.64. The van der Waals surface area contributed by atoms with E-state index in [2.05, 4.69) is 27.5 Å². The third-order valence-electron chi connectivity index (χ3n) is 3.82. The summed E-state index contributed by atoms with van der Waals surface area (Å²) in [5.41, 5.74) is 2.35. The van der Waals surface area contributed by atoms with Crippen molar-refractivity contribution >= 4 is 23.5 Å². The number of guanidine groups is 1. The predicted molar refractivity (Wildman–Crippen MR) is 95.5 cm³/mol. The number of urea groups is 1. The van der Waals surface area contributed by atoms with Crippen molar-refractivity contribution in [3.63, 3.8) is 0 Å². The molecule has 1 aliphatic rings. The first-order valence-electron chi connectivity index (χ1n) is 7.90. The Bertz CT molecular complexity index is 707. The van der Waals surface area contributed by atoms with Gasteiger partial charge in [-0.25, -0.2) is 9.79 Å². The third kappa shape index (κ3) is 4.44. The lowest BCUT2D eigenvalue weighted by Crippen LogP contribution is -2.54. The molecule has 0 bridgehead atoms. The van der Waals surface area contributed by atoms with Crippen LogP contribution in [0.15, 0.2) is 35.8 Å². The van der Waals surface area contributed by atoms with E-state index in [1.807, 2.05) is 52.0 Å². The van der Waals surface area contributed by atoms with Gasteiger partial charge in [-0.05, 0) is 44.9 Å². The van der Waals surface area contributed by atoms with Crippen LogP contribution in [-0.4, -0.2) is 23.9 Å². The summed E-state index contributed by atoms with van der Waals surface area (Å²) in [4.78, 5) is 28.0. The highest BCUT2D eigenvalue weighted by Gasteiger charge is 2.25. The molecule has 0 fully saturated rings. The molecule has 3 amide bonds. The van der Waals surface area contributed by atoms with Gasteiger partial charge in [0.2, 0.25) is 11.9 Å². The van der Waals surface area contributed by atoms with Gasteiger partial charge in [0.25, 0.3) is 0 Å². The summed E-state index contributed by atoms with van der Waals surface area (Å²) in [6.45, 7) is 11.5. The zero-order chi connectivity index (χ0) is 17.9. The number of aliphatic imine (C=N–C) groups is 1. The van der Waals surface area contributed by atoms with Gasteiger partial charge in [-0.3, -0.25) is 15.4 Å². The molecule has 128 valence electrons. The maximum absolute atomic E-state index is 12.3. The summed E-state index contributed by atoms with van der Waals surface area (Å²) in [7, 11) is 0. The van der Waals surface area contributed by atoms with Gasteiger partial charge in [0.1, 0.15) is 0 Å². The highest BCUT2D eigenvalue weighted by atomic mass is 16.2. The summed E-state index contributed by atoms with van der Waals surface area (Å²) < 4.78 is 0. The van der Waals surface area contributed by atoms with Crippen LogP contribution in [0.1, 0.15) is 45.2 Å². The molecule has 2 rings (SSSR count). The molecular formula is C18H24N4O2. The van der Waals surface area contributed by atoms with Crippen LogP contribution < -0.4 is 16.0 Å². The average Bonchev–Trinajstić information content (AvgIpc) is 2.45. The van der Waals surface area contributed by atoms with Crippen LogP contribution in [0.2, 0.25) is 0 Å². The Kier molecular flexibility index (Phi) is 5.07. The fraction of sp³-hybridized carbons (Fsp3) is 0.389. The number of nitrogens with zero attached hydrogens (tertiary/aromatic N) is 1. The Hall–Kier alpha value is -2.63. The fourth-order valence-corrected chi connectivity index (χ4v) is 2.48. The van der Waals surface area contributed by atoms with Gasteiger partial charge in [-0.1, -0.05) is 30.4 Å². The number of nitrogens with one attached hydrogen (secondary N) is 3. The number of benzene rings is 1. The summed E-state index contributed by atoms with van der Waals surface area (Å²) in [5.74, 6) is 0.0314. The largest absolute Gasteiger partial charge is 0.329 e. The molecule has 6 nitrogen and oxygen atoms in total. The first-order chi connectivity index (χ1) is 11.2. The molecule has 24 heavy (non-hydrogen) atoms. The lowest BCUT2D eigenvalue weighted by molar-refractivity contribution is -0.120. The smallest absolute Gasteiger partial charge is 0.322 e. The van der Waals surface area contributed by atoms with E-state index in [4.69, 9.17) is 0 Å². The van der Waals surface area contributed by atoms with Crippen molar-refractivity contribution in [1.29, 1.82) is 0 Å². The number of hydrogen-bond acceptors (Lipinski definition) is 3. The molecule has 0 saturated heterocycles. The Morgan fingerprint density at radius 1 is 1.42 bits per heavy atom.